The number of nitrogens with zero attached hydrogens (tertiary/aromatic N) is 3. The molecule has 0 saturated carbocycles. The number of rotatable bonds is 4. The maximum atomic E-state index is 11.7. The Labute approximate surface area is 122 Å². The van der Waals surface area contributed by atoms with Crippen molar-refractivity contribution in [2.45, 2.75) is 19.6 Å². The molecule has 1 unspecified atom stereocenters. The Morgan fingerprint density at radius 3 is 2.62 bits per heavy atom. The van der Waals surface area contributed by atoms with Gasteiger partial charge in [-0.25, -0.2) is 0 Å². The van der Waals surface area contributed by atoms with Crippen LogP contribution in [0.4, 0.5) is 5.69 Å². The topological polar surface area (TPSA) is 86.9 Å². The smallest absolute Gasteiger partial charge is 0.269 e. The molecule has 1 atom stereocenters. The molecule has 7 heteroatoms. The average Bonchev–Trinajstić information content (AvgIpc) is 2.47. The monoisotopic (exact) mass is 293 g/mol. The van der Waals surface area contributed by atoms with Gasteiger partial charge in [-0.3, -0.25) is 19.8 Å². The van der Waals surface area contributed by atoms with E-state index < -0.39 is 11.0 Å². The van der Waals surface area contributed by atoms with Gasteiger partial charge >= 0.3 is 0 Å². The predicted octanol–water partition coefficient (Wildman–Crippen LogP) is 0.620. The minimum Gasteiger partial charge on any atom is -0.384 e. The highest BCUT2D eigenvalue weighted by atomic mass is 16.6. The third-order valence-corrected chi connectivity index (χ3v) is 3.57. The van der Waals surface area contributed by atoms with Gasteiger partial charge in [0.1, 0.15) is 6.10 Å². The fourth-order valence-electron chi connectivity index (χ4n) is 2.42. The molecule has 21 heavy (non-hydrogen) atoms. The normalized spacial score (nSPS) is 17.5. The summed E-state index contributed by atoms with van der Waals surface area (Å²) in [5, 5.41) is 20.0. The molecule has 0 spiro atoms. The lowest BCUT2D eigenvalue weighted by Gasteiger charge is -2.35. The highest BCUT2D eigenvalue weighted by molar-refractivity contribution is 5.80. The summed E-state index contributed by atoms with van der Waals surface area (Å²) < 4.78 is 0. The van der Waals surface area contributed by atoms with Gasteiger partial charge in [-0.2, -0.15) is 0 Å². The molecule has 114 valence electrons. The highest BCUT2D eigenvalue weighted by Crippen LogP contribution is 2.15. The van der Waals surface area contributed by atoms with Crippen molar-refractivity contribution in [2.24, 2.45) is 0 Å². The van der Waals surface area contributed by atoms with Crippen molar-refractivity contribution in [3.05, 3.63) is 39.9 Å². The summed E-state index contributed by atoms with van der Waals surface area (Å²) in [6, 6.07) is 6.59. The van der Waals surface area contributed by atoms with E-state index in [4.69, 9.17) is 0 Å². The van der Waals surface area contributed by atoms with E-state index >= 15 is 0 Å². The fourth-order valence-corrected chi connectivity index (χ4v) is 2.42. The van der Waals surface area contributed by atoms with Crippen LogP contribution in [0.3, 0.4) is 0 Å². The summed E-state index contributed by atoms with van der Waals surface area (Å²) in [6.45, 7) is 4.62. The lowest BCUT2D eigenvalue weighted by atomic mass is 10.1. The van der Waals surface area contributed by atoms with Crippen LogP contribution in [0, 0.1) is 10.1 Å². The molecule has 0 aliphatic carbocycles. The summed E-state index contributed by atoms with van der Waals surface area (Å²) in [5.41, 5.74) is 0.981. The zero-order valence-electron chi connectivity index (χ0n) is 11.9. The number of aliphatic hydroxyl groups is 1. The first-order valence-electron chi connectivity index (χ1n) is 6.90. The van der Waals surface area contributed by atoms with E-state index in [1.807, 2.05) is 6.07 Å². The fraction of sp³-hybridized carbons (Fsp3) is 0.500. The summed E-state index contributed by atoms with van der Waals surface area (Å²) >= 11 is 0. The molecule has 1 aromatic carbocycles. The van der Waals surface area contributed by atoms with E-state index in [2.05, 4.69) is 4.90 Å². The summed E-state index contributed by atoms with van der Waals surface area (Å²) in [6.07, 6.45) is -0.965. The van der Waals surface area contributed by atoms with Gasteiger partial charge in [0.05, 0.1) is 4.92 Å². The van der Waals surface area contributed by atoms with Crippen molar-refractivity contribution in [1.82, 2.24) is 9.80 Å². The zero-order valence-corrected chi connectivity index (χ0v) is 11.9. The van der Waals surface area contributed by atoms with Crippen LogP contribution in [0.5, 0.6) is 0 Å². The molecule has 1 amide bonds. The molecular weight excluding hydrogens is 274 g/mol. The van der Waals surface area contributed by atoms with Gasteiger partial charge in [0.2, 0.25) is 0 Å². The number of piperazine rings is 1. The Morgan fingerprint density at radius 1 is 1.38 bits per heavy atom. The second-order valence-corrected chi connectivity index (χ2v) is 5.20. The molecule has 1 aliphatic heterocycles. The SMILES string of the molecule is CC(O)C(=O)N1CCN(Cc2cccc([N+](=O)[O-])c2)CC1. The quantitative estimate of drug-likeness (QED) is 0.649. The van der Waals surface area contributed by atoms with Gasteiger partial charge in [-0.1, -0.05) is 12.1 Å². The molecule has 1 aliphatic rings. The van der Waals surface area contributed by atoms with E-state index in [9.17, 15) is 20.0 Å². The molecule has 2 rings (SSSR count). The first-order chi connectivity index (χ1) is 9.97. The number of carbonyl (C=O) groups is 1. The number of hydrogen-bond donors (Lipinski definition) is 1. The number of nitro groups is 1. The van der Waals surface area contributed by atoms with Crippen molar-refractivity contribution in [1.29, 1.82) is 0 Å². The number of hydrogen-bond acceptors (Lipinski definition) is 5. The van der Waals surface area contributed by atoms with E-state index in [-0.39, 0.29) is 11.6 Å². The summed E-state index contributed by atoms with van der Waals surface area (Å²) in [4.78, 5) is 25.8. The lowest BCUT2D eigenvalue weighted by Crippen LogP contribution is -2.50. The van der Waals surface area contributed by atoms with Crippen molar-refractivity contribution >= 4 is 11.6 Å². The van der Waals surface area contributed by atoms with Crippen molar-refractivity contribution in [3.63, 3.8) is 0 Å². The second kappa shape index (κ2) is 6.64. The van der Waals surface area contributed by atoms with Gasteiger partial charge in [0.25, 0.3) is 11.6 Å². The maximum absolute atomic E-state index is 11.7. The van der Waals surface area contributed by atoms with Crippen LogP contribution < -0.4 is 0 Å². The molecule has 1 aromatic rings. The van der Waals surface area contributed by atoms with E-state index in [0.29, 0.717) is 32.7 Å². The van der Waals surface area contributed by atoms with Crippen LogP contribution in [0.2, 0.25) is 0 Å². The average molecular weight is 293 g/mol. The first-order valence-corrected chi connectivity index (χ1v) is 6.90. The van der Waals surface area contributed by atoms with Crippen molar-refractivity contribution in [3.8, 4) is 0 Å². The molecule has 1 heterocycles. The van der Waals surface area contributed by atoms with Crippen LogP contribution >= 0.6 is 0 Å². The molecule has 1 N–H and O–H groups in total. The Balaban J connectivity index is 1.90. The van der Waals surface area contributed by atoms with Gasteiger partial charge in [0, 0.05) is 44.9 Å². The molecule has 0 radical (unpaired) electrons. The number of non-ortho nitro benzene ring substituents is 1. The number of amides is 1. The third-order valence-electron chi connectivity index (χ3n) is 3.57. The van der Waals surface area contributed by atoms with Gasteiger partial charge < -0.3 is 10.0 Å². The highest BCUT2D eigenvalue weighted by Gasteiger charge is 2.23. The Morgan fingerprint density at radius 2 is 2.05 bits per heavy atom. The number of nitro benzene ring substituents is 1. The number of aliphatic hydroxyl groups excluding tert-OH is 1. The minimum absolute atomic E-state index is 0.0930. The van der Waals surface area contributed by atoms with Gasteiger partial charge in [0.15, 0.2) is 0 Å². The number of benzene rings is 1. The Hall–Kier alpha value is -1.99. The number of carbonyl (C=O) groups excluding carboxylic acids is 1. The zero-order chi connectivity index (χ0) is 15.4. The van der Waals surface area contributed by atoms with E-state index in [1.165, 1.54) is 13.0 Å². The molecule has 0 bridgehead atoms. The summed E-state index contributed by atoms with van der Waals surface area (Å²) in [7, 11) is 0. The van der Waals surface area contributed by atoms with Crippen molar-refractivity contribution in [2.75, 3.05) is 26.2 Å². The van der Waals surface area contributed by atoms with E-state index in [0.717, 1.165) is 5.56 Å². The summed E-state index contributed by atoms with van der Waals surface area (Å²) in [5.74, 6) is -0.245. The third kappa shape index (κ3) is 3.99. The van der Waals surface area contributed by atoms with Crippen LogP contribution in [0.1, 0.15) is 12.5 Å². The minimum atomic E-state index is -0.965. The van der Waals surface area contributed by atoms with Gasteiger partial charge in [-0.15, -0.1) is 0 Å². The molecular formula is C14H19N3O4. The lowest BCUT2D eigenvalue weighted by molar-refractivity contribution is -0.384. The first kappa shape index (κ1) is 15.4. The largest absolute Gasteiger partial charge is 0.384 e. The molecule has 0 aromatic heterocycles. The molecule has 7 nitrogen and oxygen atoms in total. The van der Waals surface area contributed by atoms with Crippen molar-refractivity contribution < 1.29 is 14.8 Å². The van der Waals surface area contributed by atoms with Crippen LogP contribution in [0.25, 0.3) is 0 Å². The predicted molar refractivity (Wildman–Crippen MR) is 76.6 cm³/mol. The molecule has 1 fully saturated rings. The molecule has 1 saturated heterocycles. The van der Waals surface area contributed by atoms with Crippen LogP contribution in [-0.4, -0.2) is 58.0 Å². The van der Waals surface area contributed by atoms with Crippen LogP contribution in [-0.2, 0) is 11.3 Å². The van der Waals surface area contributed by atoms with Gasteiger partial charge in [-0.05, 0) is 12.5 Å². The maximum Gasteiger partial charge on any atom is 0.269 e. The van der Waals surface area contributed by atoms with E-state index in [1.54, 1.807) is 17.0 Å². The second-order valence-electron chi connectivity index (χ2n) is 5.20. The Kier molecular flexibility index (Phi) is 4.87. The Bertz CT molecular complexity index is 525. The van der Waals surface area contributed by atoms with Crippen LogP contribution in [0.15, 0.2) is 24.3 Å². The standard InChI is InChI=1S/C14H19N3O4/c1-11(18)14(19)16-7-5-15(6-8-16)10-12-3-2-4-13(9-12)17(20)21/h2-4,9,11,18H,5-8,10H2,1H3.